The first-order valence-electron chi connectivity index (χ1n) is 5.43. The molecule has 0 aliphatic heterocycles. The van der Waals surface area contributed by atoms with Crippen molar-refractivity contribution < 1.29 is 23.1 Å². The highest BCUT2D eigenvalue weighted by Crippen LogP contribution is 2.27. The molecule has 0 aromatic heterocycles. The van der Waals surface area contributed by atoms with Gasteiger partial charge < -0.3 is 10.4 Å². The SMILES string of the molecule is N#Cc1ccc(NCC(O)CCl)c(C(=O)C(F)(F)F)c1. The summed E-state index contributed by atoms with van der Waals surface area (Å²) >= 11 is 5.36. The molecule has 8 heteroatoms. The second-order valence-electron chi connectivity index (χ2n) is 3.89. The summed E-state index contributed by atoms with van der Waals surface area (Å²) < 4.78 is 37.5. The van der Waals surface area contributed by atoms with Crippen molar-refractivity contribution in [3.8, 4) is 6.07 Å². The van der Waals surface area contributed by atoms with Gasteiger partial charge in [-0.1, -0.05) is 0 Å². The zero-order valence-corrected chi connectivity index (χ0v) is 10.8. The molecule has 4 nitrogen and oxygen atoms in total. The molecule has 20 heavy (non-hydrogen) atoms. The maximum atomic E-state index is 12.5. The number of rotatable bonds is 5. The van der Waals surface area contributed by atoms with Gasteiger partial charge in [-0.05, 0) is 18.2 Å². The molecule has 1 atom stereocenters. The van der Waals surface area contributed by atoms with Crippen LogP contribution in [0.1, 0.15) is 15.9 Å². The highest BCUT2D eigenvalue weighted by Gasteiger charge is 2.40. The summed E-state index contributed by atoms with van der Waals surface area (Å²) in [7, 11) is 0. The molecule has 0 bridgehead atoms. The van der Waals surface area contributed by atoms with Gasteiger partial charge in [-0.15, -0.1) is 11.6 Å². The van der Waals surface area contributed by atoms with Crippen molar-refractivity contribution >= 4 is 23.1 Å². The van der Waals surface area contributed by atoms with Crippen molar-refractivity contribution in [2.75, 3.05) is 17.7 Å². The minimum absolute atomic E-state index is 0.0685. The number of benzene rings is 1. The number of anilines is 1. The van der Waals surface area contributed by atoms with Gasteiger partial charge in [0.2, 0.25) is 0 Å². The lowest BCUT2D eigenvalue weighted by Gasteiger charge is -2.14. The fourth-order valence-electron chi connectivity index (χ4n) is 1.39. The molecule has 0 spiro atoms. The Hall–Kier alpha value is -1.78. The summed E-state index contributed by atoms with van der Waals surface area (Å²) in [6.07, 6.45) is -6.02. The third-order valence-electron chi connectivity index (χ3n) is 2.36. The van der Waals surface area contributed by atoms with Gasteiger partial charge in [0.15, 0.2) is 0 Å². The van der Waals surface area contributed by atoms with Crippen LogP contribution in [0.15, 0.2) is 18.2 Å². The summed E-state index contributed by atoms with van der Waals surface area (Å²) in [6, 6.07) is 4.96. The fourth-order valence-corrected chi connectivity index (χ4v) is 1.50. The van der Waals surface area contributed by atoms with Crippen LogP contribution >= 0.6 is 11.6 Å². The molecule has 1 rings (SSSR count). The number of aliphatic hydroxyl groups is 1. The molecule has 1 unspecified atom stereocenters. The summed E-state index contributed by atoms with van der Waals surface area (Å²) in [5.41, 5.74) is -0.852. The van der Waals surface area contributed by atoms with E-state index in [-0.39, 0.29) is 23.7 Å². The van der Waals surface area contributed by atoms with E-state index in [0.29, 0.717) is 0 Å². The number of nitrogens with zero attached hydrogens (tertiary/aromatic N) is 1. The lowest BCUT2D eigenvalue weighted by molar-refractivity contribution is -0.0884. The minimum atomic E-state index is -5.05. The number of aliphatic hydroxyl groups excluding tert-OH is 1. The zero-order chi connectivity index (χ0) is 15.3. The predicted molar refractivity (Wildman–Crippen MR) is 66.8 cm³/mol. The van der Waals surface area contributed by atoms with Crippen molar-refractivity contribution in [2.45, 2.75) is 12.3 Å². The maximum Gasteiger partial charge on any atom is 0.454 e. The van der Waals surface area contributed by atoms with Crippen LogP contribution in [0.4, 0.5) is 18.9 Å². The largest absolute Gasteiger partial charge is 0.454 e. The van der Waals surface area contributed by atoms with E-state index < -0.39 is 23.6 Å². The van der Waals surface area contributed by atoms with E-state index in [4.69, 9.17) is 16.9 Å². The monoisotopic (exact) mass is 306 g/mol. The number of ketones is 1. The predicted octanol–water partition coefficient (Wildman–Crippen LogP) is 2.31. The Bertz CT molecular complexity index is 540. The second-order valence-corrected chi connectivity index (χ2v) is 4.20. The first-order chi connectivity index (χ1) is 9.29. The molecule has 1 aromatic carbocycles. The second kappa shape index (κ2) is 6.59. The van der Waals surface area contributed by atoms with Crippen LogP contribution in [0.2, 0.25) is 0 Å². The Morgan fingerprint density at radius 2 is 2.15 bits per heavy atom. The fraction of sp³-hybridized carbons (Fsp3) is 0.333. The number of halogens is 4. The van der Waals surface area contributed by atoms with Gasteiger partial charge in [0, 0.05) is 12.2 Å². The lowest BCUT2D eigenvalue weighted by atomic mass is 10.0. The molecule has 1 aromatic rings. The number of carbonyl (C=O) groups excluding carboxylic acids is 1. The van der Waals surface area contributed by atoms with Crippen molar-refractivity contribution in [2.24, 2.45) is 0 Å². The molecule has 2 N–H and O–H groups in total. The summed E-state index contributed by atoms with van der Waals surface area (Å²) in [5.74, 6) is -2.16. The van der Waals surface area contributed by atoms with Gasteiger partial charge in [0.25, 0.3) is 5.78 Å². The van der Waals surface area contributed by atoms with Crippen LogP contribution in [-0.4, -0.2) is 35.6 Å². The van der Waals surface area contributed by atoms with E-state index in [0.717, 1.165) is 6.07 Å². The Morgan fingerprint density at radius 3 is 2.65 bits per heavy atom. The molecule has 0 radical (unpaired) electrons. The van der Waals surface area contributed by atoms with Gasteiger partial charge in [-0.3, -0.25) is 4.79 Å². The Balaban J connectivity index is 3.11. The van der Waals surface area contributed by atoms with Crippen molar-refractivity contribution in [1.82, 2.24) is 0 Å². The number of alkyl halides is 4. The molecule has 0 amide bonds. The first kappa shape index (κ1) is 16.3. The Labute approximate surface area is 117 Å². The average Bonchev–Trinajstić information content (AvgIpc) is 2.42. The number of nitriles is 1. The number of carbonyl (C=O) groups is 1. The normalized spacial score (nSPS) is 12.6. The van der Waals surface area contributed by atoms with Crippen molar-refractivity contribution in [1.29, 1.82) is 5.26 Å². The molecule has 0 aliphatic carbocycles. The van der Waals surface area contributed by atoms with E-state index in [1.807, 2.05) is 0 Å². The van der Waals surface area contributed by atoms with E-state index >= 15 is 0 Å². The van der Waals surface area contributed by atoms with Crippen LogP contribution in [0.3, 0.4) is 0 Å². The van der Waals surface area contributed by atoms with Gasteiger partial charge in [-0.25, -0.2) is 0 Å². The van der Waals surface area contributed by atoms with Gasteiger partial charge in [-0.2, -0.15) is 18.4 Å². The smallest absolute Gasteiger partial charge is 0.390 e. The van der Waals surface area contributed by atoms with E-state index in [1.54, 1.807) is 6.07 Å². The standard InChI is InChI=1S/C12H10ClF3N2O2/c13-4-8(19)6-18-10-2-1-7(5-17)3-9(10)11(20)12(14,15)16/h1-3,8,18-19H,4,6H2. The van der Waals surface area contributed by atoms with E-state index in [9.17, 15) is 23.1 Å². The highest BCUT2D eigenvalue weighted by atomic mass is 35.5. The topological polar surface area (TPSA) is 73.1 Å². The van der Waals surface area contributed by atoms with Crippen LogP contribution in [0.5, 0.6) is 0 Å². The van der Waals surface area contributed by atoms with E-state index in [2.05, 4.69) is 5.32 Å². The molecule has 0 fully saturated rings. The van der Waals surface area contributed by atoms with Crippen LogP contribution in [0, 0.1) is 11.3 Å². The van der Waals surface area contributed by atoms with Gasteiger partial charge in [0.05, 0.1) is 29.2 Å². The molecule has 0 heterocycles. The van der Waals surface area contributed by atoms with Crippen molar-refractivity contribution in [3.05, 3.63) is 29.3 Å². The quantitative estimate of drug-likeness (QED) is 0.647. The molecular weight excluding hydrogens is 297 g/mol. The van der Waals surface area contributed by atoms with Crippen LogP contribution in [0.25, 0.3) is 0 Å². The van der Waals surface area contributed by atoms with Crippen LogP contribution in [-0.2, 0) is 0 Å². The Morgan fingerprint density at radius 1 is 1.50 bits per heavy atom. The summed E-state index contributed by atoms with van der Waals surface area (Å²) in [5, 5.41) is 20.4. The molecule has 108 valence electrons. The molecule has 0 aliphatic rings. The number of Topliss-reactive ketones (excluding diaryl/α,β-unsaturated/α-hetero) is 1. The highest BCUT2D eigenvalue weighted by molar-refractivity contribution is 6.18. The zero-order valence-electron chi connectivity index (χ0n) is 10.0. The number of nitrogens with one attached hydrogen (secondary N) is 1. The first-order valence-corrected chi connectivity index (χ1v) is 5.96. The van der Waals surface area contributed by atoms with Gasteiger partial charge in [0.1, 0.15) is 0 Å². The molecule has 0 saturated carbocycles. The molecule has 0 saturated heterocycles. The molecular formula is C12H10ClF3N2O2. The average molecular weight is 307 g/mol. The number of hydrogen-bond donors (Lipinski definition) is 2. The van der Waals surface area contributed by atoms with Crippen molar-refractivity contribution in [3.63, 3.8) is 0 Å². The third-order valence-corrected chi connectivity index (χ3v) is 2.71. The Kier molecular flexibility index (Phi) is 5.36. The summed E-state index contributed by atoms with van der Waals surface area (Å²) in [4.78, 5) is 11.3. The summed E-state index contributed by atoms with van der Waals surface area (Å²) in [6.45, 7) is -0.118. The number of hydrogen-bond acceptors (Lipinski definition) is 4. The minimum Gasteiger partial charge on any atom is -0.390 e. The van der Waals surface area contributed by atoms with E-state index in [1.165, 1.54) is 12.1 Å². The van der Waals surface area contributed by atoms with Crippen LogP contribution < -0.4 is 5.32 Å². The third kappa shape index (κ3) is 4.11. The van der Waals surface area contributed by atoms with Gasteiger partial charge >= 0.3 is 6.18 Å². The maximum absolute atomic E-state index is 12.5. The lowest BCUT2D eigenvalue weighted by Crippen LogP contribution is -2.26.